The quantitative estimate of drug-likeness (QED) is 0.668. The van der Waals surface area contributed by atoms with E-state index >= 15 is 0 Å². The van der Waals surface area contributed by atoms with Crippen LogP contribution in [-0.2, 0) is 18.2 Å². The lowest BCUT2D eigenvalue weighted by Crippen LogP contribution is -2.15. The van der Waals surface area contributed by atoms with Crippen molar-refractivity contribution in [1.29, 1.82) is 0 Å². The van der Waals surface area contributed by atoms with Gasteiger partial charge in [-0.3, -0.25) is 0 Å². The van der Waals surface area contributed by atoms with E-state index in [1.54, 1.807) is 13.4 Å². The summed E-state index contributed by atoms with van der Waals surface area (Å²) in [6.45, 7) is 2.10. The Bertz CT molecular complexity index is 230. The molecule has 1 rings (SSSR count). The lowest BCUT2D eigenvalue weighted by atomic mass is 10.2. The Kier molecular flexibility index (Phi) is 3.22. The van der Waals surface area contributed by atoms with Gasteiger partial charge in [-0.05, 0) is 6.42 Å². The molecule has 1 atom stereocenters. The lowest BCUT2D eigenvalue weighted by Gasteiger charge is -2.11. The summed E-state index contributed by atoms with van der Waals surface area (Å²) in [7, 11) is 3.67. The molecule has 0 N–H and O–H groups in total. The SMILES string of the molecule is CCC(Cc1nncn1C)OC. The van der Waals surface area contributed by atoms with Gasteiger partial charge < -0.3 is 9.30 Å². The average Bonchev–Trinajstić information content (AvgIpc) is 2.47. The largest absolute Gasteiger partial charge is 0.381 e. The van der Waals surface area contributed by atoms with Crippen LogP contribution in [-0.4, -0.2) is 28.0 Å². The number of aromatic nitrogens is 3. The number of methoxy groups -OCH3 is 1. The van der Waals surface area contributed by atoms with Gasteiger partial charge in [0.1, 0.15) is 12.2 Å². The second-order valence-corrected chi connectivity index (χ2v) is 2.83. The van der Waals surface area contributed by atoms with Crippen molar-refractivity contribution in [2.45, 2.75) is 25.9 Å². The molecule has 12 heavy (non-hydrogen) atoms. The first-order valence-electron chi connectivity index (χ1n) is 4.13. The standard InChI is InChI=1S/C8H15N3O/c1-4-7(12-3)5-8-10-9-6-11(8)2/h6-7H,4-5H2,1-3H3. The molecule has 1 aromatic rings. The first-order valence-corrected chi connectivity index (χ1v) is 4.13. The third-order valence-corrected chi connectivity index (χ3v) is 2.00. The van der Waals surface area contributed by atoms with Crippen LogP contribution in [0.15, 0.2) is 6.33 Å². The van der Waals surface area contributed by atoms with E-state index in [1.807, 2.05) is 11.6 Å². The Morgan fingerprint density at radius 2 is 2.42 bits per heavy atom. The number of rotatable bonds is 4. The van der Waals surface area contributed by atoms with E-state index in [9.17, 15) is 0 Å². The van der Waals surface area contributed by atoms with Crippen LogP contribution in [0.25, 0.3) is 0 Å². The molecule has 0 spiro atoms. The molecule has 0 radical (unpaired) electrons. The average molecular weight is 169 g/mol. The molecular formula is C8H15N3O. The van der Waals surface area contributed by atoms with Crippen LogP contribution < -0.4 is 0 Å². The summed E-state index contributed by atoms with van der Waals surface area (Å²) in [5.41, 5.74) is 0. The number of hydrogen-bond donors (Lipinski definition) is 0. The maximum Gasteiger partial charge on any atom is 0.135 e. The van der Waals surface area contributed by atoms with Gasteiger partial charge in [-0.25, -0.2) is 0 Å². The smallest absolute Gasteiger partial charge is 0.135 e. The molecule has 0 bridgehead atoms. The van der Waals surface area contributed by atoms with Gasteiger partial charge in [-0.15, -0.1) is 10.2 Å². The molecular weight excluding hydrogens is 154 g/mol. The minimum Gasteiger partial charge on any atom is -0.381 e. The fourth-order valence-corrected chi connectivity index (χ4v) is 1.09. The molecule has 0 aromatic carbocycles. The van der Waals surface area contributed by atoms with Crippen LogP contribution in [0.2, 0.25) is 0 Å². The Morgan fingerprint density at radius 1 is 1.67 bits per heavy atom. The molecule has 1 unspecified atom stereocenters. The highest BCUT2D eigenvalue weighted by atomic mass is 16.5. The number of hydrogen-bond acceptors (Lipinski definition) is 3. The molecule has 4 heteroatoms. The highest BCUT2D eigenvalue weighted by molar-refractivity contribution is 4.86. The Balaban J connectivity index is 2.56. The van der Waals surface area contributed by atoms with Crippen molar-refractivity contribution < 1.29 is 4.74 Å². The second kappa shape index (κ2) is 4.21. The fraction of sp³-hybridized carbons (Fsp3) is 0.750. The van der Waals surface area contributed by atoms with Crippen LogP contribution >= 0.6 is 0 Å². The molecule has 0 aliphatic rings. The number of nitrogens with zero attached hydrogens (tertiary/aromatic N) is 3. The van der Waals surface area contributed by atoms with Crippen molar-refractivity contribution in [1.82, 2.24) is 14.8 Å². The molecule has 68 valence electrons. The van der Waals surface area contributed by atoms with Crippen LogP contribution in [0, 0.1) is 0 Å². The van der Waals surface area contributed by atoms with E-state index < -0.39 is 0 Å². The van der Waals surface area contributed by atoms with Crippen molar-refractivity contribution in [3.05, 3.63) is 12.2 Å². The van der Waals surface area contributed by atoms with Gasteiger partial charge >= 0.3 is 0 Å². The second-order valence-electron chi connectivity index (χ2n) is 2.83. The van der Waals surface area contributed by atoms with E-state index in [2.05, 4.69) is 17.1 Å². The first-order chi connectivity index (χ1) is 5.77. The monoisotopic (exact) mass is 169 g/mol. The molecule has 0 aliphatic heterocycles. The van der Waals surface area contributed by atoms with Crippen molar-refractivity contribution in [3.63, 3.8) is 0 Å². The lowest BCUT2D eigenvalue weighted by molar-refractivity contribution is 0.0974. The fourth-order valence-electron chi connectivity index (χ4n) is 1.09. The van der Waals surface area contributed by atoms with Crippen LogP contribution in [0.5, 0.6) is 0 Å². The molecule has 1 aromatic heterocycles. The third-order valence-electron chi connectivity index (χ3n) is 2.00. The summed E-state index contributed by atoms with van der Waals surface area (Å²) in [6.07, 6.45) is 3.80. The van der Waals surface area contributed by atoms with Gasteiger partial charge in [0.05, 0.1) is 6.10 Å². The van der Waals surface area contributed by atoms with E-state index in [0.717, 1.165) is 18.7 Å². The van der Waals surface area contributed by atoms with Crippen molar-refractivity contribution in [2.75, 3.05) is 7.11 Å². The molecule has 4 nitrogen and oxygen atoms in total. The van der Waals surface area contributed by atoms with Crippen LogP contribution in [0.1, 0.15) is 19.2 Å². The zero-order valence-corrected chi connectivity index (χ0v) is 7.82. The summed E-state index contributed by atoms with van der Waals surface area (Å²) >= 11 is 0. The van der Waals surface area contributed by atoms with E-state index in [0.29, 0.717) is 0 Å². The number of ether oxygens (including phenoxy) is 1. The predicted octanol–water partition coefficient (Wildman–Crippen LogP) is 0.783. The van der Waals surface area contributed by atoms with E-state index in [-0.39, 0.29) is 6.10 Å². The highest BCUT2D eigenvalue weighted by Crippen LogP contribution is 2.04. The van der Waals surface area contributed by atoms with Gasteiger partial charge in [0.25, 0.3) is 0 Å². The van der Waals surface area contributed by atoms with Crippen molar-refractivity contribution >= 4 is 0 Å². The van der Waals surface area contributed by atoms with Crippen molar-refractivity contribution in [3.8, 4) is 0 Å². The topological polar surface area (TPSA) is 39.9 Å². The Hall–Kier alpha value is -0.900. The summed E-state index contributed by atoms with van der Waals surface area (Å²) in [5, 5.41) is 7.79. The summed E-state index contributed by atoms with van der Waals surface area (Å²) in [5.74, 6) is 0.976. The van der Waals surface area contributed by atoms with Crippen molar-refractivity contribution in [2.24, 2.45) is 7.05 Å². The molecule has 0 saturated carbocycles. The molecule has 0 amide bonds. The zero-order valence-electron chi connectivity index (χ0n) is 7.82. The molecule has 1 heterocycles. The van der Waals surface area contributed by atoms with E-state index in [1.165, 1.54) is 0 Å². The summed E-state index contributed by atoms with van der Waals surface area (Å²) in [6, 6.07) is 0. The predicted molar refractivity (Wildman–Crippen MR) is 45.8 cm³/mol. The summed E-state index contributed by atoms with van der Waals surface area (Å²) < 4.78 is 7.17. The van der Waals surface area contributed by atoms with Gasteiger partial charge in [0, 0.05) is 20.6 Å². The Morgan fingerprint density at radius 3 is 2.83 bits per heavy atom. The zero-order chi connectivity index (χ0) is 8.97. The highest BCUT2D eigenvalue weighted by Gasteiger charge is 2.09. The number of aryl methyl sites for hydroxylation is 1. The van der Waals surface area contributed by atoms with Crippen LogP contribution in [0.4, 0.5) is 0 Å². The molecule has 0 fully saturated rings. The van der Waals surface area contributed by atoms with Crippen LogP contribution in [0.3, 0.4) is 0 Å². The minimum absolute atomic E-state index is 0.257. The van der Waals surface area contributed by atoms with Gasteiger partial charge in [-0.2, -0.15) is 0 Å². The Labute approximate surface area is 72.6 Å². The molecule has 0 saturated heterocycles. The van der Waals surface area contributed by atoms with Gasteiger partial charge in [0.15, 0.2) is 0 Å². The minimum atomic E-state index is 0.257. The first kappa shape index (κ1) is 9.19. The summed E-state index contributed by atoms with van der Waals surface area (Å²) in [4.78, 5) is 0. The van der Waals surface area contributed by atoms with E-state index in [4.69, 9.17) is 4.74 Å². The third kappa shape index (κ3) is 2.04. The maximum atomic E-state index is 5.25. The maximum absolute atomic E-state index is 5.25. The van der Waals surface area contributed by atoms with Gasteiger partial charge in [0.2, 0.25) is 0 Å². The normalized spacial score (nSPS) is 13.2. The van der Waals surface area contributed by atoms with Gasteiger partial charge in [-0.1, -0.05) is 6.92 Å². The molecule has 0 aliphatic carbocycles.